The van der Waals surface area contributed by atoms with Crippen molar-refractivity contribution in [3.63, 3.8) is 0 Å². The number of hydrogen-bond donors (Lipinski definition) is 1. The van der Waals surface area contributed by atoms with Gasteiger partial charge in [0.05, 0.1) is 23.0 Å². The monoisotopic (exact) mass is 205 g/mol. The summed E-state index contributed by atoms with van der Waals surface area (Å²) in [5.41, 5.74) is 1.07. The van der Waals surface area contributed by atoms with Crippen molar-refractivity contribution < 1.29 is 4.74 Å². The van der Waals surface area contributed by atoms with Crippen molar-refractivity contribution in [1.29, 1.82) is 5.26 Å². The summed E-state index contributed by atoms with van der Waals surface area (Å²) in [5.74, 6) is 0. The lowest BCUT2D eigenvalue weighted by Gasteiger charge is -2.23. The molecule has 0 saturated heterocycles. The van der Waals surface area contributed by atoms with E-state index in [1.807, 2.05) is 13.8 Å². The maximum absolute atomic E-state index is 8.86. The van der Waals surface area contributed by atoms with E-state index < -0.39 is 0 Å². The predicted octanol–water partition coefficient (Wildman–Crippen LogP) is 1.79. The first kappa shape index (κ1) is 11.5. The van der Waals surface area contributed by atoms with Crippen LogP contribution in [0.2, 0.25) is 0 Å². The number of nitriles is 1. The molecule has 0 aliphatic rings. The average Bonchev–Trinajstić information content (AvgIpc) is 2.27. The van der Waals surface area contributed by atoms with Crippen molar-refractivity contribution in [2.45, 2.75) is 19.4 Å². The molecule has 0 fully saturated rings. The maximum Gasteiger partial charge on any atom is 0.101 e. The number of aromatic nitrogens is 1. The Labute approximate surface area is 89.9 Å². The largest absolute Gasteiger partial charge is 0.380 e. The van der Waals surface area contributed by atoms with Gasteiger partial charge in [-0.05, 0) is 19.9 Å². The molecule has 1 N–H and O–H groups in total. The smallest absolute Gasteiger partial charge is 0.101 e. The molecule has 80 valence electrons. The second-order valence-corrected chi connectivity index (χ2v) is 3.85. The van der Waals surface area contributed by atoms with E-state index in [0.717, 1.165) is 5.69 Å². The van der Waals surface area contributed by atoms with Gasteiger partial charge in [0.2, 0.25) is 0 Å². The quantitative estimate of drug-likeness (QED) is 0.814. The van der Waals surface area contributed by atoms with Gasteiger partial charge in [0.25, 0.3) is 0 Å². The van der Waals surface area contributed by atoms with Gasteiger partial charge in [-0.3, -0.25) is 4.98 Å². The number of pyridine rings is 1. The van der Waals surface area contributed by atoms with Crippen LogP contribution in [-0.2, 0) is 4.74 Å². The van der Waals surface area contributed by atoms with Crippen LogP contribution in [0.3, 0.4) is 0 Å². The molecule has 0 aliphatic carbocycles. The van der Waals surface area contributed by atoms with Crippen molar-refractivity contribution in [1.82, 2.24) is 4.98 Å². The van der Waals surface area contributed by atoms with Gasteiger partial charge in [-0.2, -0.15) is 5.26 Å². The normalized spacial score (nSPS) is 10.8. The lowest BCUT2D eigenvalue weighted by molar-refractivity contribution is 0.0344. The Kier molecular flexibility index (Phi) is 3.64. The van der Waals surface area contributed by atoms with Gasteiger partial charge < -0.3 is 10.1 Å². The molecule has 0 aliphatic heterocycles. The van der Waals surface area contributed by atoms with Gasteiger partial charge in [0.15, 0.2) is 0 Å². The standard InChI is InChI=1S/C11H15N3O/c1-11(2,15-3)8-14-10-7-13-5-4-9(10)6-12/h4-5,7,14H,8H2,1-3H3. The summed E-state index contributed by atoms with van der Waals surface area (Å²) in [6, 6.07) is 3.79. The second-order valence-electron chi connectivity index (χ2n) is 3.85. The molecule has 0 atom stereocenters. The van der Waals surface area contributed by atoms with E-state index in [-0.39, 0.29) is 5.60 Å². The fraction of sp³-hybridized carbons (Fsp3) is 0.455. The molecule has 0 aromatic carbocycles. The van der Waals surface area contributed by atoms with E-state index >= 15 is 0 Å². The number of nitrogens with one attached hydrogen (secondary N) is 1. The lowest BCUT2D eigenvalue weighted by Crippen LogP contribution is -2.32. The summed E-state index contributed by atoms with van der Waals surface area (Å²) >= 11 is 0. The Hall–Kier alpha value is -1.60. The number of rotatable bonds is 4. The Morgan fingerprint density at radius 1 is 1.60 bits per heavy atom. The maximum atomic E-state index is 8.86. The van der Waals surface area contributed by atoms with E-state index in [9.17, 15) is 0 Å². The van der Waals surface area contributed by atoms with Crippen LogP contribution in [0.25, 0.3) is 0 Å². The molecule has 15 heavy (non-hydrogen) atoms. The number of anilines is 1. The van der Waals surface area contributed by atoms with Crippen LogP contribution >= 0.6 is 0 Å². The van der Waals surface area contributed by atoms with E-state index in [2.05, 4.69) is 16.4 Å². The summed E-state index contributed by atoms with van der Waals surface area (Å²) in [7, 11) is 1.66. The second kappa shape index (κ2) is 4.76. The number of methoxy groups -OCH3 is 1. The first-order chi connectivity index (χ1) is 7.09. The first-order valence-electron chi connectivity index (χ1n) is 4.72. The highest BCUT2D eigenvalue weighted by Gasteiger charge is 2.16. The minimum atomic E-state index is -0.261. The Morgan fingerprint density at radius 3 is 2.93 bits per heavy atom. The molecule has 0 unspecified atom stereocenters. The van der Waals surface area contributed by atoms with Crippen LogP contribution in [-0.4, -0.2) is 24.2 Å². The molecule has 1 aromatic rings. The summed E-state index contributed by atoms with van der Waals surface area (Å²) in [5, 5.41) is 12.0. The first-order valence-corrected chi connectivity index (χ1v) is 4.72. The highest BCUT2D eigenvalue weighted by molar-refractivity contribution is 5.55. The molecule has 4 heteroatoms. The molecule has 0 spiro atoms. The van der Waals surface area contributed by atoms with Crippen molar-refractivity contribution in [2.75, 3.05) is 19.0 Å². The van der Waals surface area contributed by atoms with Crippen LogP contribution in [0.4, 0.5) is 5.69 Å². The molecule has 4 nitrogen and oxygen atoms in total. The third-order valence-electron chi connectivity index (χ3n) is 2.20. The van der Waals surface area contributed by atoms with Crippen LogP contribution < -0.4 is 5.32 Å². The molecular weight excluding hydrogens is 190 g/mol. The third kappa shape index (κ3) is 3.22. The van der Waals surface area contributed by atoms with Gasteiger partial charge in [-0.15, -0.1) is 0 Å². The molecular formula is C11H15N3O. The molecule has 0 bridgehead atoms. The molecule has 1 aromatic heterocycles. The van der Waals surface area contributed by atoms with Gasteiger partial charge in [0, 0.05) is 19.9 Å². The minimum Gasteiger partial charge on any atom is -0.380 e. The van der Waals surface area contributed by atoms with E-state index in [4.69, 9.17) is 10.00 Å². The van der Waals surface area contributed by atoms with Gasteiger partial charge in [0.1, 0.15) is 6.07 Å². The van der Waals surface area contributed by atoms with E-state index in [0.29, 0.717) is 12.1 Å². The van der Waals surface area contributed by atoms with E-state index in [1.165, 1.54) is 0 Å². The fourth-order valence-corrected chi connectivity index (χ4v) is 1.01. The Morgan fingerprint density at radius 2 is 2.33 bits per heavy atom. The topological polar surface area (TPSA) is 57.9 Å². The summed E-state index contributed by atoms with van der Waals surface area (Å²) in [6.07, 6.45) is 3.25. The predicted molar refractivity (Wildman–Crippen MR) is 58.5 cm³/mol. The minimum absolute atomic E-state index is 0.261. The molecule has 1 heterocycles. The number of hydrogen-bond acceptors (Lipinski definition) is 4. The zero-order valence-corrected chi connectivity index (χ0v) is 9.24. The zero-order chi connectivity index (χ0) is 11.3. The Bertz CT molecular complexity index is 368. The van der Waals surface area contributed by atoms with Gasteiger partial charge in [-0.25, -0.2) is 0 Å². The molecule has 0 saturated carbocycles. The van der Waals surface area contributed by atoms with E-state index in [1.54, 1.807) is 25.6 Å². The van der Waals surface area contributed by atoms with Crippen LogP contribution in [0.15, 0.2) is 18.5 Å². The van der Waals surface area contributed by atoms with Gasteiger partial charge >= 0.3 is 0 Å². The third-order valence-corrected chi connectivity index (χ3v) is 2.20. The Balaban J connectivity index is 2.70. The lowest BCUT2D eigenvalue weighted by atomic mass is 10.1. The SMILES string of the molecule is COC(C)(C)CNc1cnccc1C#N. The van der Waals surface area contributed by atoms with Crippen molar-refractivity contribution in [3.8, 4) is 6.07 Å². The van der Waals surface area contributed by atoms with Crippen molar-refractivity contribution in [3.05, 3.63) is 24.0 Å². The summed E-state index contributed by atoms with van der Waals surface area (Å²) in [4.78, 5) is 3.97. The molecule has 0 radical (unpaired) electrons. The van der Waals surface area contributed by atoms with Gasteiger partial charge in [-0.1, -0.05) is 0 Å². The highest BCUT2D eigenvalue weighted by Crippen LogP contribution is 2.14. The highest BCUT2D eigenvalue weighted by atomic mass is 16.5. The van der Waals surface area contributed by atoms with Crippen LogP contribution in [0.5, 0.6) is 0 Å². The summed E-state index contributed by atoms with van der Waals surface area (Å²) in [6.45, 7) is 4.58. The average molecular weight is 205 g/mol. The van der Waals surface area contributed by atoms with Crippen molar-refractivity contribution >= 4 is 5.69 Å². The number of nitrogens with zero attached hydrogens (tertiary/aromatic N) is 2. The van der Waals surface area contributed by atoms with Crippen molar-refractivity contribution in [2.24, 2.45) is 0 Å². The van der Waals surface area contributed by atoms with Crippen LogP contribution in [0.1, 0.15) is 19.4 Å². The summed E-state index contributed by atoms with van der Waals surface area (Å²) < 4.78 is 5.27. The molecule has 1 rings (SSSR count). The zero-order valence-electron chi connectivity index (χ0n) is 9.24. The molecule has 0 amide bonds. The fourth-order valence-electron chi connectivity index (χ4n) is 1.01. The van der Waals surface area contributed by atoms with Crippen LogP contribution in [0, 0.1) is 11.3 Å². The number of ether oxygens (including phenoxy) is 1.